The molecule has 0 heterocycles. The third kappa shape index (κ3) is 5.87. The molecule has 10 heteroatoms. The van der Waals surface area contributed by atoms with Gasteiger partial charge in [0, 0.05) is 0 Å². The van der Waals surface area contributed by atoms with Gasteiger partial charge in [0.25, 0.3) is 0 Å². The maximum absolute atomic E-state index is 10.9. The molecule has 0 aliphatic heterocycles. The first-order chi connectivity index (χ1) is 7.31. The molecule has 17 heavy (non-hydrogen) atoms. The minimum Gasteiger partial charge on any atom is -1.00 e. The Balaban J connectivity index is -0.00000112. The van der Waals surface area contributed by atoms with Gasteiger partial charge in [-0.1, -0.05) is 0 Å². The SMILES string of the molecule is O=C(O)CC(C(=O)O)C(C(=O)O)C(=O)OCl.[H-].[Na+]. The van der Waals surface area contributed by atoms with Gasteiger partial charge in [0.05, 0.1) is 12.3 Å². The van der Waals surface area contributed by atoms with E-state index in [2.05, 4.69) is 16.2 Å². The number of carboxylic acid groups (broad SMARTS) is 3. The summed E-state index contributed by atoms with van der Waals surface area (Å²) in [5.74, 6) is -10.7. The van der Waals surface area contributed by atoms with Gasteiger partial charge in [-0.05, 0) is 0 Å². The summed E-state index contributed by atoms with van der Waals surface area (Å²) in [5.41, 5.74) is 0. The quantitative estimate of drug-likeness (QED) is 0.339. The predicted octanol–water partition coefficient (Wildman–Crippen LogP) is -3.32. The summed E-state index contributed by atoms with van der Waals surface area (Å²) in [6.45, 7) is 0. The second kappa shape index (κ2) is 8.29. The van der Waals surface area contributed by atoms with Crippen molar-refractivity contribution in [3.63, 3.8) is 0 Å². The Kier molecular flexibility index (Phi) is 9.04. The fraction of sp³-hybridized carbons (Fsp3) is 0.429. The van der Waals surface area contributed by atoms with Gasteiger partial charge in [-0.2, -0.15) is 0 Å². The first-order valence-corrected chi connectivity index (χ1v) is 4.12. The van der Waals surface area contributed by atoms with Gasteiger partial charge >= 0.3 is 53.4 Å². The monoisotopic (exact) mass is 278 g/mol. The minimum atomic E-state index is -2.16. The molecule has 0 rings (SSSR count). The van der Waals surface area contributed by atoms with Gasteiger partial charge in [-0.3, -0.25) is 14.4 Å². The topological polar surface area (TPSA) is 138 Å². The molecule has 2 unspecified atom stereocenters. The zero-order valence-corrected chi connectivity index (χ0v) is 11.4. The Bertz CT molecular complexity index is 335. The molecular formula is C7H8ClNaO8. The number of carbonyl (C=O) groups is 4. The van der Waals surface area contributed by atoms with Crippen LogP contribution in [0.3, 0.4) is 0 Å². The zero-order chi connectivity index (χ0) is 12.9. The van der Waals surface area contributed by atoms with Crippen LogP contribution in [0.15, 0.2) is 0 Å². The van der Waals surface area contributed by atoms with Crippen LogP contribution in [0.1, 0.15) is 7.85 Å². The van der Waals surface area contributed by atoms with Crippen LogP contribution in [0, 0.1) is 11.8 Å². The molecule has 0 aliphatic rings. The molecule has 0 saturated heterocycles. The van der Waals surface area contributed by atoms with Crippen molar-refractivity contribution < 1.29 is 69.8 Å². The van der Waals surface area contributed by atoms with E-state index in [9.17, 15) is 19.2 Å². The molecule has 0 amide bonds. The van der Waals surface area contributed by atoms with Gasteiger partial charge < -0.3 is 21.0 Å². The molecule has 0 aliphatic carbocycles. The van der Waals surface area contributed by atoms with Crippen LogP contribution >= 0.6 is 11.9 Å². The molecule has 0 aromatic rings. The van der Waals surface area contributed by atoms with Crippen molar-refractivity contribution in [3.05, 3.63) is 0 Å². The van der Waals surface area contributed by atoms with E-state index in [0.717, 1.165) is 0 Å². The molecule has 0 bridgehead atoms. The Morgan fingerprint density at radius 2 is 1.59 bits per heavy atom. The standard InChI is InChI=1S/C7H7ClO8.Na.H/c8-16-7(15)4(6(13)14)2(5(11)12)1-3(9)10;;/h2,4H,1H2,(H,9,10)(H,11,12)(H,13,14);;/q;+1;-1. The van der Waals surface area contributed by atoms with Crippen molar-refractivity contribution in [3.8, 4) is 0 Å². The van der Waals surface area contributed by atoms with Crippen LogP contribution in [0.5, 0.6) is 0 Å². The molecule has 0 spiro atoms. The van der Waals surface area contributed by atoms with E-state index < -0.39 is 42.1 Å². The first-order valence-electron chi connectivity index (χ1n) is 3.81. The minimum absolute atomic E-state index is 0. The second-order valence-corrected chi connectivity index (χ2v) is 2.91. The van der Waals surface area contributed by atoms with Crippen molar-refractivity contribution >= 4 is 35.7 Å². The van der Waals surface area contributed by atoms with Crippen LogP contribution in [0.25, 0.3) is 0 Å². The smallest absolute Gasteiger partial charge is 1.00 e. The fourth-order valence-electron chi connectivity index (χ4n) is 1.02. The van der Waals surface area contributed by atoms with Crippen LogP contribution in [-0.4, -0.2) is 39.2 Å². The normalized spacial score (nSPS) is 12.8. The molecule has 0 radical (unpaired) electrons. The predicted molar refractivity (Wildman–Crippen MR) is 47.6 cm³/mol. The van der Waals surface area contributed by atoms with Crippen LogP contribution in [0.2, 0.25) is 0 Å². The van der Waals surface area contributed by atoms with E-state index in [-0.39, 0.29) is 31.0 Å². The number of rotatable bonds is 6. The summed E-state index contributed by atoms with van der Waals surface area (Å²) in [6.07, 6.45) is -1.03. The largest absolute Gasteiger partial charge is 1.00 e. The third-order valence-electron chi connectivity index (χ3n) is 1.71. The van der Waals surface area contributed by atoms with E-state index in [0.29, 0.717) is 0 Å². The molecule has 8 nitrogen and oxygen atoms in total. The summed E-state index contributed by atoms with van der Waals surface area (Å²) in [6, 6.07) is 0. The number of halogens is 1. The van der Waals surface area contributed by atoms with Crippen molar-refractivity contribution in [1.82, 2.24) is 0 Å². The number of hydrogen-bond donors (Lipinski definition) is 3. The van der Waals surface area contributed by atoms with Crippen LogP contribution in [0.4, 0.5) is 0 Å². The van der Waals surface area contributed by atoms with E-state index in [1.54, 1.807) is 0 Å². The first kappa shape index (κ1) is 18.5. The molecule has 0 fully saturated rings. The van der Waals surface area contributed by atoms with Gasteiger partial charge in [0.1, 0.15) is 11.9 Å². The average molecular weight is 279 g/mol. The zero-order valence-electron chi connectivity index (χ0n) is 9.62. The molecule has 0 saturated carbocycles. The summed E-state index contributed by atoms with van der Waals surface area (Å²) in [5, 5.41) is 25.6. The van der Waals surface area contributed by atoms with Crippen molar-refractivity contribution in [1.29, 1.82) is 0 Å². The molecule has 3 N–H and O–H groups in total. The number of carboxylic acids is 3. The molecule has 0 aromatic carbocycles. The Labute approximate surface area is 123 Å². The van der Waals surface area contributed by atoms with Crippen LogP contribution in [-0.2, 0) is 23.5 Å². The summed E-state index contributed by atoms with van der Waals surface area (Å²) < 4.78 is 3.58. The maximum Gasteiger partial charge on any atom is 1.00 e. The second-order valence-electron chi connectivity index (χ2n) is 2.75. The van der Waals surface area contributed by atoms with Crippen LogP contribution < -0.4 is 29.6 Å². The van der Waals surface area contributed by atoms with E-state index in [1.165, 1.54) is 0 Å². The molecule has 2 atom stereocenters. The van der Waals surface area contributed by atoms with Gasteiger partial charge in [-0.25, -0.2) is 4.79 Å². The number of hydrogen-bond acceptors (Lipinski definition) is 5. The maximum atomic E-state index is 10.9. The van der Waals surface area contributed by atoms with Gasteiger partial charge in [-0.15, -0.1) is 0 Å². The van der Waals surface area contributed by atoms with E-state index in [1.807, 2.05) is 0 Å². The van der Waals surface area contributed by atoms with Gasteiger partial charge in [0.2, 0.25) is 0 Å². The summed E-state index contributed by atoms with van der Waals surface area (Å²) in [4.78, 5) is 42.4. The Morgan fingerprint density at radius 1 is 1.12 bits per heavy atom. The van der Waals surface area contributed by atoms with Crippen molar-refractivity contribution in [2.45, 2.75) is 6.42 Å². The average Bonchev–Trinajstić information content (AvgIpc) is 2.14. The molecule has 0 aromatic heterocycles. The Morgan fingerprint density at radius 3 is 1.82 bits per heavy atom. The van der Waals surface area contributed by atoms with Crippen molar-refractivity contribution in [2.24, 2.45) is 11.8 Å². The fourth-order valence-corrected chi connectivity index (χ4v) is 1.12. The van der Waals surface area contributed by atoms with E-state index >= 15 is 0 Å². The third-order valence-corrected chi connectivity index (χ3v) is 1.86. The number of carbonyl (C=O) groups excluding carboxylic acids is 1. The molecular weight excluding hydrogens is 271 g/mol. The summed E-state index contributed by atoms with van der Waals surface area (Å²) >= 11 is 4.62. The summed E-state index contributed by atoms with van der Waals surface area (Å²) in [7, 11) is 0. The van der Waals surface area contributed by atoms with Gasteiger partial charge in [0.15, 0.2) is 5.92 Å². The number of aliphatic carboxylic acids is 3. The Hall–Kier alpha value is -0.830. The van der Waals surface area contributed by atoms with Crippen molar-refractivity contribution in [2.75, 3.05) is 0 Å². The molecule has 92 valence electrons. The van der Waals surface area contributed by atoms with E-state index in [4.69, 9.17) is 15.3 Å².